The molecule has 0 aromatic carbocycles. The molecule has 2 unspecified atom stereocenters. The number of carbonyl (C=O) groups is 1. The second-order valence-electron chi connectivity index (χ2n) is 6.28. The smallest absolute Gasteiger partial charge is 0.314 e. The minimum absolute atomic E-state index is 0.118. The molecule has 1 aromatic heterocycles. The molecular weight excluding hydrogens is 310 g/mol. The van der Waals surface area contributed by atoms with E-state index in [1.807, 2.05) is 10.8 Å². The number of imidazole rings is 1. The zero-order valence-corrected chi connectivity index (χ0v) is 14.0. The lowest BCUT2D eigenvalue weighted by Gasteiger charge is -2.37. The van der Waals surface area contributed by atoms with Gasteiger partial charge in [-0.2, -0.15) is 0 Å². The summed E-state index contributed by atoms with van der Waals surface area (Å²) < 4.78 is 12.9. The Labute approximate surface area is 142 Å². The third-order valence-electron chi connectivity index (χ3n) is 4.71. The van der Waals surface area contributed by atoms with E-state index in [2.05, 4.69) is 20.5 Å². The van der Waals surface area contributed by atoms with Gasteiger partial charge in [0.2, 0.25) is 0 Å². The van der Waals surface area contributed by atoms with Crippen LogP contribution in [0.5, 0.6) is 0 Å². The SMILES string of the molecule is O=C(NCCn1ccnc1)NCC(C1CCOC1)N1CCOCC1. The number of rotatable bonds is 7. The topological polar surface area (TPSA) is 80.7 Å². The maximum absolute atomic E-state index is 12.1. The molecule has 8 heteroatoms. The lowest BCUT2D eigenvalue weighted by atomic mass is 9.97. The highest BCUT2D eigenvalue weighted by atomic mass is 16.5. The van der Waals surface area contributed by atoms with E-state index in [1.54, 1.807) is 12.5 Å². The van der Waals surface area contributed by atoms with Crippen LogP contribution in [-0.2, 0) is 16.0 Å². The summed E-state index contributed by atoms with van der Waals surface area (Å²) >= 11 is 0. The fourth-order valence-electron chi connectivity index (χ4n) is 3.34. The second kappa shape index (κ2) is 9.00. The van der Waals surface area contributed by atoms with Gasteiger partial charge in [0, 0.05) is 63.7 Å². The first-order valence-electron chi connectivity index (χ1n) is 8.70. The molecule has 3 rings (SSSR count). The van der Waals surface area contributed by atoms with Crippen molar-refractivity contribution in [3.63, 3.8) is 0 Å². The Morgan fingerprint density at radius 3 is 2.83 bits per heavy atom. The minimum atomic E-state index is -0.118. The van der Waals surface area contributed by atoms with E-state index in [4.69, 9.17) is 9.47 Å². The summed E-state index contributed by atoms with van der Waals surface area (Å²) in [7, 11) is 0. The zero-order chi connectivity index (χ0) is 16.6. The molecule has 0 bridgehead atoms. The normalized spacial score (nSPS) is 23.1. The summed E-state index contributed by atoms with van der Waals surface area (Å²) in [5, 5.41) is 5.92. The van der Waals surface area contributed by atoms with Crippen molar-refractivity contribution in [3.05, 3.63) is 18.7 Å². The summed E-state index contributed by atoms with van der Waals surface area (Å²) in [6.45, 7) is 6.92. The number of hydrogen-bond acceptors (Lipinski definition) is 5. The van der Waals surface area contributed by atoms with E-state index in [0.717, 1.165) is 52.5 Å². The molecule has 2 atom stereocenters. The number of aromatic nitrogens is 2. The first kappa shape index (κ1) is 17.2. The van der Waals surface area contributed by atoms with Gasteiger partial charge in [0.05, 0.1) is 26.1 Å². The van der Waals surface area contributed by atoms with Crippen LogP contribution in [0.2, 0.25) is 0 Å². The molecule has 3 heterocycles. The van der Waals surface area contributed by atoms with Gasteiger partial charge in [-0.25, -0.2) is 9.78 Å². The first-order valence-corrected chi connectivity index (χ1v) is 8.70. The van der Waals surface area contributed by atoms with Crippen molar-refractivity contribution in [2.24, 2.45) is 5.92 Å². The van der Waals surface area contributed by atoms with Crippen LogP contribution in [0.1, 0.15) is 6.42 Å². The predicted octanol–water partition coefficient (Wildman–Crippen LogP) is -0.0804. The lowest BCUT2D eigenvalue weighted by Crippen LogP contribution is -2.53. The molecule has 2 fully saturated rings. The molecule has 0 aliphatic carbocycles. The van der Waals surface area contributed by atoms with Gasteiger partial charge in [-0.3, -0.25) is 4.90 Å². The number of nitrogens with zero attached hydrogens (tertiary/aromatic N) is 3. The zero-order valence-electron chi connectivity index (χ0n) is 14.0. The fourth-order valence-corrected chi connectivity index (χ4v) is 3.34. The maximum atomic E-state index is 12.1. The minimum Gasteiger partial charge on any atom is -0.381 e. The van der Waals surface area contributed by atoms with E-state index >= 15 is 0 Å². The van der Waals surface area contributed by atoms with Crippen LogP contribution in [0.3, 0.4) is 0 Å². The number of amides is 2. The third kappa shape index (κ3) is 4.93. The summed E-state index contributed by atoms with van der Waals surface area (Å²) in [5.74, 6) is 0.481. The van der Waals surface area contributed by atoms with Crippen molar-refractivity contribution in [1.82, 2.24) is 25.1 Å². The molecule has 134 valence electrons. The highest BCUT2D eigenvalue weighted by Crippen LogP contribution is 2.21. The summed E-state index contributed by atoms with van der Waals surface area (Å²) in [6, 6.07) is 0.197. The van der Waals surface area contributed by atoms with Gasteiger partial charge >= 0.3 is 6.03 Å². The largest absolute Gasteiger partial charge is 0.381 e. The van der Waals surface area contributed by atoms with Crippen LogP contribution in [0.25, 0.3) is 0 Å². The third-order valence-corrected chi connectivity index (χ3v) is 4.71. The van der Waals surface area contributed by atoms with Crippen molar-refractivity contribution in [2.45, 2.75) is 19.0 Å². The van der Waals surface area contributed by atoms with Crippen molar-refractivity contribution in [2.75, 3.05) is 52.6 Å². The molecular formula is C16H27N5O3. The highest BCUT2D eigenvalue weighted by molar-refractivity contribution is 5.73. The van der Waals surface area contributed by atoms with E-state index < -0.39 is 0 Å². The molecule has 0 radical (unpaired) electrons. The van der Waals surface area contributed by atoms with E-state index in [-0.39, 0.29) is 6.03 Å². The maximum Gasteiger partial charge on any atom is 0.314 e. The van der Waals surface area contributed by atoms with Gasteiger partial charge < -0.3 is 24.7 Å². The van der Waals surface area contributed by atoms with Crippen LogP contribution >= 0.6 is 0 Å². The van der Waals surface area contributed by atoms with Gasteiger partial charge in [-0.1, -0.05) is 0 Å². The lowest BCUT2D eigenvalue weighted by molar-refractivity contribution is 0.00213. The first-order chi connectivity index (χ1) is 11.8. The average molecular weight is 337 g/mol. The van der Waals surface area contributed by atoms with Crippen LogP contribution in [0.4, 0.5) is 4.79 Å². The molecule has 2 N–H and O–H groups in total. The van der Waals surface area contributed by atoms with Crippen LogP contribution < -0.4 is 10.6 Å². The van der Waals surface area contributed by atoms with Gasteiger partial charge in [-0.05, 0) is 6.42 Å². The van der Waals surface area contributed by atoms with Crippen LogP contribution in [0.15, 0.2) is 18.7 Å². The van der Waals surface area contributed by atoms with Crippen LogP contribution in [-0.4, -0.2) is 79.1 Å². The molecule has 2 aliphatic rings. The molecule has 2 amide bonds. The van der Waals surface area contributed by atoms with E-state index in [0.29, 0.717) is 25.0 Å². The quantitative estimate of drug-likeness (QED) is 0.727. The van der Waals surface area contributed by atoms with Gasteiger partial charge in [0.15, 0.2) is 0 Å². The molecule has 24 heavy (non-hydrogen) atoms. The molecule has 2 saturated heterocycles. The Hall–Kier alpha value is -1.64. The standard InChI is InChI=1S/C16H27N5O3/c22-16(18-3-5-20-4-2-17-13-20)19-11-15(14-1-8-24-12-14)21-6-9-23-10-7-21/h2,4,13-15H,1,3,5-12H2,(H2,18,19,22). The van der Waals surface area contributed by atoms with Gasteiger partial charge in [0.1, 0.15) is 0 Å². The molecule has 0 spiro atoms. The number of ether oxygens (including phenoxy) is 2. The molecule has 2 aliphatic heterocycles. The van der Waals surface area contributed by atoms with Crippen molar-refractivity contribution in [3.8, 4) is 0 Å². The Morgan fingerprint density at radius 1 is 1.25 bits per heavy atom. The van der Waals surface area contributed by atoms with Gasteiger partial charge in [0.25, 0.3) is 0 Å². The van der Waals surface area contributed by atoms with Gasteiger partial charge in [-0.15, -0.1) is 0 Å². The molecule has 0 saturated carbocycles. The summed E-state index contributed by atoms with van der Waals surface area (Å²) in [4.78, 5) is 18.5. The fraction of sp³-hybridized carbons (Fsp3) is 0.750. The Morgan fingerprint density at radius 2 is 2.12 bits per heavy atom. The van der Waals surface area contributed by atoms with Crippen molar-refractivity contribution < 1.29 is 14.3 Å². The summed E-state index contributed by atoms with van der Waals surface area (Å²) in [6.07, 6.45) is 6.42. The average Bonchev–Trinajstić information content (AvgIpc) is 3.30. The Bertz CT molecular complexity index is 484. The van der Waals surface area contributed by atoms with E-state index in [1.165, 1.54) is 0 Å². The number of carbonyl (C=O) groups excluding carboxylic acids is 1. The summed E-state index contributed by atoms with van der Waals surface area (Å²) in [5.41, 5.74) is 0. The number of morpholine rings is 1. The number of nitrogens with one attached hydrogen (secondary N) is 2. The Balaban J connectivity index is 1.42. The Kier molecular flexibility index (Phi) is 6.45. The van der Waals surface area contributed by atoms with Crippen molar-refractivity contribution >= 4 is 6.03 Å². The number of urea groups is 1. The van der Waals surface area contributed by atoms with Crippen molar-refractivity contribution in [1.29, 1.82) is 0 Å². The molecule has 1 aromatic rings. The second-order valence-corrected chi connectivity index (χ2v) is 6.28. The predicted molar refractivity (Wildman–Crippen MR) is 88.7 cm³/mol. The molecule has 8 nitrogen and oxygen atoms in total. The van der Waals surface area contributed by atoms with Crippen LogP contribution in [0, 0.1) is 5.92 Å². The highest BCUT2D eigenvalue weighted by Gasteiger charge is 2.31. The monoisotopic (exact) mass is 337 g/mol. The number of hydrogen-bond donors (Lipinski definition) is 2. The van der Waals surface area contributed by atoms with E-state index in [9.17, 15) is 4.79 Å².